The minimum atomic E-state index is -0.659. The number of carbonyl (C=O) groups excluding carboxylic acids is 2. The van der Waals surface area contributed by atoms with Crippen molar-refractivity contribution in [2.75, 3.05) is 13.7 Å². The first-order chi connectivity index (χ1) is 13.1. The zero-order valence-electron chi connectivity index (χ0n) is 15.1. The molecule has 0 bridgehead atoms. The van der Waals surface area contributed by atoms with Crippen LogP contribution in [0.5, 0.6) is 5.88 Å². The summed E-state index contributed by atoms with van der Waals surface area (Å²) in [6, 6.07) is 16.8. The van der Waals surface area contributed by atoms with Gasteiger partial charge in [-0.15, -0.1) is 0 Å². The van der Waals surface area contributed by atoms with Gasteiger partial charge in [0.05, 0.1) is 13.2 Å². The molecule has 2 aromatic carbocycles. The second-order valence-electron chi connectivity index (χ2n) is 5.99. The van der Waals surface area contributed by atoms with Gasteiger partial charge in [0.2, 0.25) is 5.88 Å². The zero-order valence-corrected chi connectivity index (χ0v) is 15.1. The molecule has 138 valence electrons. The normalized spacial score (nSPS) is 11.6. The monoisotopic (exact) mass is 364 g/mol. The van der Waals surface area contributed by atoms with Crippen molar-refractivity contribution in [3.8, 4) is 5.88 Å². The topological polar surface area (TPSA) is 77.5 Å². The van der Waals surface area contributed by atoms with E-state index in [9.17, 15) is 9.59 Å². The summed E-state index contributed by atoms with van der Waals surface area (Å²) in [7, 11) is 1.41. The lowest BCUT2D eigenvalue weighted by molar-refractivity contribution is -0.124. The Labute approximate surface area is 157 Å². The van der Waals surface area contributed by atoms with Gasteiger partial charge in [0.25, 0.3) is 5.91 Å². The van der Waals surface area contributed by atoms with E-state index in [1.54, 1.807) is 6.07 Å². The van der Waals surface area contributed by atoms with Crippen molar-refractivity contribution in [3.05, 3.63) is 71.9 Å². The number of esters is 1. The molecular weight excluding hydrogens is 344 g/mol. The standard InChI is InChI=1S/C21H20N2O4/c1-14(16-10-5-8-15-7-3-4-9-17(15)16)23-19(24)13-27-21(25)18-11-6-12-22-20(18)26-2/h3-12,14H,13H2,1-2H3,(H,23,24). The van der Waals surface area contributed by atoms with Crippen LogP contribution in [0.25, 0.3) is 10.8 Å². The first kappa shape index (κ1) is 18.4. The lowest BCUT2D eigenvalue weighted by atomic mass is 10.00. The van der Waals surface area contributed by atoms with Gasteiger partial charge in [-0.1, -0.05) is 42.5 Å². The van der Waals surface area contributed by atoms with Crippen LogP contribution in [0, 0.1) is 0 Å². The van der Waals surface area contributed by atoms with Crippen LogP contribution in [-0.4, -0.2) is 30.6 Å². The minimum absolute atomic E-state index is 0.159. The van der Waals surface area contributed by atoms with E-state index in [4.69, 9.17) is 9.47 Å². The molecule has 0 fully saturated rings. The van der Waals surface area contributed by atoms with Gasteiger partial charge in [-0.05, 0) is 35.4 Å². The third kappa shape index (κ3) is 4.23. The molecule has 1 atom stereocenters. The Morgan fingerprint density at radius 3 is 2.67 bits per heavy atom. The fraction of sp³-hybridized carbons (Fsp3) is 0.190. The minimum Gasteiger partial charge on any atom is -0.480 e. The summed E-state index contributed by atoms with van der Waals surface area (Å²) in [4.78, 5) is 28.3. The van der Waals surface area contributed by atoms with Gasteiger partial charge in [0, 0.05) is 6.20 Å². The molecule has 6 nitrogen and oxygen atoms in total. The van der Waals surface area contributed by atoms with Gasteiger partial charge in [0.1, 0.15) is 5.56 Å². The van der Waals surface area contributed by atoms with Gasteiger partial charge in [-0.25, -0.2) is 9.78 Å². The smallest absolute Gasteiger partial charge is 0.344 e. The molecule has 1 N–H and O–H groups in total. The number of nitrogens with one attached hydrogen (secondary N) is 1. The fourth-order valence-electron chi connectivity index (χ4n) is 2.91. The number of benzene rings is 2. The Bertz CT molecular complexity index is 966. The first-order valence-corrected chi connectivity index (χ1v) is 8.53. The highest BCUT2D eigenvalue weighted by atomic mass is 16.5. The van der Waals surface area contributed by atoms with E-state index in [1.165, 1.54) is 19.4 Å². The first-order valence-electron chi connectivity index (χ1n) is 8.53. The Kier molecular flexibility index (Phi) is 5.66. The molecule has 0 saturated heterocycles. The molecule has 0 spiro atoms. The number of amides is 1. The quantitative estimate of drug-likeness (QED) is 0.679. The Morgan fingerprint density at radius 2 is 1.85 bits per heavy atom. The number of ether oxygens (including phenoxy) is 2. The number of hydrogen-bond donors (Lipinski definition) is 1. The number of rotatable bonds is 6. The van der Waals surface area contributed by atoms with Gasteiger partial charge in [-0.3, -0.25) is 4.79 Å². The number of carbonyl (C=O) groups is 2. The number of methoxy groups -OCH3 is 1. The van der Waals surface area contributed by atoms with Crippen molar-refractivity contribution < 1.29 is 19.1 Å². The molecule has 1 amide bonds. The van der Waals surface area contributed by atoms with Crippen LogP contribution in [0.4, 0.5) is 0 Å². The maximum atomic E-state index is 12.2. The molecule has 0 aliphatic carbocycles. The van der Waals surface area contributed by atoms with Crippen molar-refractivity contribution in [1.82, 2.24) is 10.3 Å². The Balaban J connectivity index is 1.63. The Hall–Kier alpha value is -3.41. The highest BCUT2D eigenvalue weighted by molar-refractivity contribution is 5.93. The number of nitrogens with zero attached hydrogens (tertiary/aromatic N) is 1. The van der Waals surface area contributed by atoms with Crippen LogP contribution < -0.4 is 10.1 Å². The molecule has 0 aliphatic heterocycles. The van der Waals surface area contributed by atoms with Crippen LogP contribution in [-0.2, 0) is 9.53 Å². The van der Waals surface area contributed by atoms with Crippen molar-refractivity contribution in [2.45, 2.75) is 13.0 Å². The predicted octanol–water partition coefficient (Wildman–Crippen LogP) is 3.28. The van der Waals surface area contributed by atoms with Gasteiger partial charge in [-0.2, -0.15) is 0 Å². The van der Waals surface area contributed by atoms with Crippen LogP contribution in [0.2, 0.25) is 0 Å². The average molecular weight is 364 g/mol. The summed E-state index contributed by atoms with van der Waals surface area (Å²) in [6.45, 7) is 1.51. The molecule has 0 radical (unpaired) electrons. The van der Waals surface area contributed by atoms with Gasteiger partial charge >= 0.3 is 5.97 Å². The summed E-state index contributed by atoms with van der Waals surface area (Å²) < 4.78 is 10.1. The number of pyridine rings is 1. The summed E-state index contributed by atoms with van der Waals surface area (Å²) in [5, 5.41) is 5.04. The SMILES string of the molecule is COc1ncccc1C(=O)OCC(=O)NC(C)c1cccc2ccccc12. The van der Waals surface area contributed by atoms with E-state index in [1.807, 2.05) is 49.4 Å². The van der Waals surface area contributed by atoms with Crippen molar-refractivity contribution in [2.24, 2.45) is 0 Å². The van der Waals surface area contributed by atoms with Crippen molar-refractivity contribution in [1.29, 1.82) is 0 Å². The van der Waals surface area contributed by atoms with E-state index in [2.05, 4.69) is 10.3 Å². The van der Waals surface area contributed by atoms with Gasteiger partial charge in [0.15, 0.2) is 6.61 Å². The molecule has 0 saturated carbocycles. The number of aromatic nitrogens is 1. The fourth-order valence-corrected chi connectivity index (χ4v) is 2.91. The van der Waals surface area contributed by atoms with Crippen molar-refractivity contribution >= 4 is 22.6 Å². The molecule has 3 aromatic rings. The van der Waals surface area contributed by atoms with Crippen LogP contribution in [0.3, 0.4) is 0 Å². The van der Waals surface area contributed by atoms with Gasteiger partial charge < -0.3 is 14.8 Å². The van der Waals surface area contributed by atoms with E-state index in [-0.39, 0.29) is 30.0 Å². The van der Waals surface area contributed by atoms with Crippen molar-refractivity contribution in [3.63, 3.8) is 0 Å². The summed E-state index contributed by atoms with van der Waals surface area (Å²) in [6.07, 6.45) is 1.51. The Morgan fingerprint density at radius 1 is 1.07 bits per heavy atom. The maximum Gasteiger partial charge on any atom is 0.344 e. The van der Waals surface area contributed by atoms with Crippen LogP contribution in [0.1, 0.15) is 28.9 Å². The molecule has 1 heterocycles. The van der Waals surface area contributed by atoms with Crippen LogP contribution >= 0.6 is 0 Å². The molecule has 1 aromatic heterocycles. The van der Waals surface area contributed by atoms with E-state index >= 15 is 0 Å². The van der Waals surface area contributed by atoms with Crippen LogP contribution in [0.15, 0.2) is 60.8 Å². The highest BCUT2D eigenvalue weighted by Crippen LogP contribution is 2.24. The number of fused-ring (bicyclic) bond motifs is 1. The third-order valence-electron chi connectivity index (χ3n) is 4.19. The molecule has 27 heavy (non-hydrogen) atoms. The molecular formula is C21H20N2O4. The average Bonchev–Trinajstić information content (AvgIpc) is 2.71. The zero-order chi connectivity index (χ0) is 19.2. The second-order valence-corrected chi connectivity index (χ2v) is 5.99. The third-order valence-corrected chi connectivity index (χ3v) is 4.19. The van der Waals surface area contributed by atoms with E-state index < -0.39 is 5.97 Å². The second kappa shape index (κ2) is 8.31. The van der Waals surface area contributed by atoms with E-state index in [0.29, 0.717) is 0 Å². The largest absolute Gasteiger partial charge is 0.480 e. The molecule has 6 heteroatoms. The maximum absolute atomic E-state index is 12.2. The van der Waals surface area contributed by atoms with E-state index in [0.717, 1.165) is 16.3 Å². The molecule has 0 aliphatic rings. The summed E-state index contributed by atoms with van der Waals surface area (Å²) >= 11 is 0. The molecule has 3 rings (SSSR count). The summed E-state index contributed by atoms with van der Waals surface area (Å²) in [5.74, 6) is -0.883. The summed E-state index contributed by atoms with van der Waals surface area (Å²) in [5.41, 5.74) is 1.18. The molecule has 1 unspecified atom stereocenters. The number of hydrogen-bond acceptors (Lipinski definition) is 5. The lowest BCUT2D eigenvalue weighted by Gasteiger charge is -2.16. The highest BCUT2D eigenvalue weighted by Gasteiger charge is 2.17. The lowest BCUT2D eigenvalue weighted by Crippen LogP contribution is -2.31. The predicted molar refractivity (Wildman–Crippen MR) is 102 cm³/mol.